The number of ether oxygens (including phenoxy) is 1. The lowest BCUT2D eigenvalue weighted by Gasteiger charge is -2.22. The van der Waals surface area contributed by atoms with Crippen LogP contribution in [0.15, 0.2) is 42.5 Å². The van der Waals surface area contributed by atoms with E-state index >= 15 is 0 Å². The number of anilines is 2. The number of carbonyl (C=O) groups is 2. The molecule has 0 unspecified atom stereocenters. The summed E-state index contributed by atoms with van der Waals surface area (Å²) in [6.45, 7) is -0.718. The predicted molar refractivity (Wildman–Crippen MR) is 95.0 cm³/mol. The van der Waals surface area contributed by atoms with Crippen molar-refractivity contribution in [2.45, 2.75) is 0 Å². The van der Waals surface area contributed by atoms with Gasteiger partial charge in [-0.1, -0.05) is 6.07 Å². The fourth-order valence-corrected chi connectivity index (χ4v) is 3.06. The highest BCUT2D eigenvalue weighted by Crippen LogP contribution is 2.21. The Morgan fingerprint density at radius 3 is 2.11 bits per heavy atom. The van der Waals surface area contributed by atoms with Gasteiger partial charge in [0, 0.05) is 0 Å². The molecule has 1 N–H and O–H groups in total. The smallest absolute Gasteiger partial charge is 0.337 e. The van der Waals surface area contributed by atoms with Crippen molar-refractivity contribution in [3.05, 3.63) is 59.7 Å². The summed E-state index contributed by atoms with van der Waals surface area (Å²) in [6, 6.07) is 8.32. The van der Waals surface area contributed by atoms with E-state index in [9.17, 15) is 26.8 Å². The third-order valence-corrected chi connectivity index (χ3v) is 4.63. The van der Waals surface area contributed by atoms with Gasteiger partial charge in [0.05, 0.1) is 24.6 Å². The molecule has 0 aliphatic carbocycles. The Bertz CT molecular complexity index is 942. The molecule has 0 heterocycles. The largest absolute Gasteiger partial charge is 0.465 e. The second-order valence-corrected chi connectivity index (χ2v) is 7.36. The quantitative estimate of drug-likeness (QED) is 0.753. The second kappa shape index (κ2) is 8.12. The van der Waals surface area contributed by atoms with E-state index in [1.165, 1.54) is 31.4 Å². The van der Waals surface area contributed by atoms with E-state index < -0.39 is 45.8 Å². The third kappa shape index (κ3) is 5.00. The van der Waals surface area contributed by atoms with Crippen molar-refractivity contribution in [3.8, 4) is 0 Å². The molecular formula is C17H16F2N2O5S. The molecule has 0 saturated carbocycles. The van der Waals surface area contributed by atoms with E-state index in [1.807, 2.05) is 5.32 Å². The van der Waals surface area contributed by atoms with Crippen LogP contribution in [0.3, 0.4) is 0 Å². The van der Waals surface area contributed by atoms with Crippen LogP contribution in [0, 0.1) is 11.6 Å². The summed E-state index contributed by atoms with van der Waals surface area (Å²) in [5, 5.41) is 2.02. The van der Waals surface area contributed by atoms with Crippen LogP contribution in [0.2, 0.25) is 0 Å². The Kier molecular flexibility index (Phi) is 6.11. The van der Waals surface area contributed by atoms with E-state index in [2.05, 4.69) is 4.74 Å². The van der Waals surface area contributed by atoms with Crippen LogP contribution in [-0.4, -0.2) is 40.2 Å². The van der Waals surface area contributed by atoms with Gasteiger partial charge in [-0.05, 0) is 36.4 Å². The molecule has 144 valence electrons. The van der Waals surface area contributed by atoms with Crippen LogP contribution in [0.1, 0.15) is 10.4 Å². The van der Waals surface area contributed by atoms with Crippen molar-refractivity contribution >= 4 is 33.3 Å². The van der Waals surface area contributed by atoms with E-state index in [4.69, 9.17) is 0 Å². The second-order valence-electron chi connectivity index (χ2n) is 5.45. The molecule has 7 nitrogen and oxygen atoms in total. The standard InChI is InChI=1S/C17H16F2N2O5S/c1-26-17(23)11-6-8-12(9-7-11)21(27(2,24)25)10-15(22)20-16-13(18)4-3-5-14(16)19/h3-9H,10H2,1-2H3,(H,20,22). The average Bonchev–Trinajstić information content (AvgIpc) is 2.61. The highest BCUT2D eigenvalue weighted by Gasteiger charge is 2.22. The van der Waals surface area contributed by atoms with Gasteiger partial charge in [0.1, 0.15) is 23.9 Å². The number of hydrogen-bond donors (Lipinski definition) is 1. The number of methoxy groups -OCH3 is 1. The van der Waals surface area contributed by atoms with Crippen molar-refractivity contribution < 1.29 is 31.5 Å². The maximum absolute atomic E-state index is 13.6. The fourth-order valence-electron chi connectivity index (χ4n) is 2.21. The van der Waals surface area contributed by atoms with Gasteiger partial charge in [-0.2, -0.15) is 0 Å². The Balaban J connectivity index is 2.25. The molecule has 2 rings (SSSR count). The Morgan fingerprint density at radius 2 is 1.63 bits per heavy atom. The van der Waals surface area contributed by atoms with Crippen molar-refractivity contribution in [2.75, 3.05) is 29.5 Å². The van der Waals surface area contributed by atoms with Gasteiger partial charge in [-0.15, -0.1) is 0 Å². The maximum atomic E-state index is 13.6. The molecule has 2 aromatic carbocycles. The van der Waals surface area contributed by atoms with Crippen LogP contribution in [0.4, 0.5) is 20.2 Å². The Morgan fingerprint density at radius 1 is 1.07 bits per heavy atom. The molecule has 0 aromatic heterocycles. The van der Waals surface area contributed by atoms with Crippen molar-refractivity contribution in [1.82, 2.24) is 0 Å². The zero-order valence-corrected chi connectivity index (χ0v) is 15.2. The highest BCUT2D eigenvalue weighted by atomic mass is 32.2. The normalized spacial score (nSPS) is 11.0. The zero-order chi connectivity index (χ0) is 20.2. The first-order valence-corrected chi connectivity index (χ1v) is 9.38. The first kappa shape index (κ1) is 20.3. The summed E-state index contributed by atoms with van der Waals surface area (Å²) in [6.07, 6.45) is 0.873. The third-order valence-electron chi connectivity index (χ3n) is 3.49. The maximum Gasteiger partial charge on any atom is 0.337 e. The molecule has 0 aliphatic heterocycles. The van der Waals surface area contributed by atoms with Crippen LogP contribution >= 0.6 is 0 Å². The Hall–Kier alpha value is -3.01. The topological polar surface area (TPSA) is 92.8 Å². The first-order valence-electron chi connectivity index (χ1n) is 7.53. The summed E-state index contributed by atoms with van der Waals surface area (Å²) < 4.78 is 56.6. The summed E-state index contributed by atoms with van der Waals surface area (Å²) in [5.41, 5.74) is -0.390. The van der Waals surface area contributed by atoms with Crippen molar-refractivity contribution in [1.29, 1.82) is 0 Å². The SMILES string of the molecule is COC(=O)c1ccc(N(CC(=O)Nc2c(F)cccc2F)S(C)(=O)=O)cc1. The number of sulfonamides is 1. The van der Waals surface area contributed by atoms with E-state index in [0.29, 0.717) is 0 Å². The van der Waals surface area contributed by atoms with E-state index in [-0.39, 0.29) is 11.3 Å². The minimum atomic E-state index is -3.90. The number of para-hydroxylation sites is 1. The minimum Gasteiger partial charge on any atom is -0.465 e. The van der Waals surface area contributed by atoms with Gasteiger partial charge in [0.15, 0.2) is 0 Å². The average molecular weight is 398 g/mol. The first-order chi connectivity index (χ1) is 12.6. The van der Waals surface area contributed by atoms with Gasteiger partial charge in [-0.3, -0.25) is 9.10 Å². The number of halogens is 2. The van der Waals surface area contributed by atoms with E-state index in [0.717, 1.165) is 28.8 Å². The molecule has 0 spiro atoms. The summed E-state index contributed by atoms with van der Waals surface area (Å²) in [4.78, 5) is 23.6. The van der Waals surface area contributed by atoms with Gasteiger partial charge >= 0.3 is 5.97 Å². The van der Waals surface area contributed by atoms with Crippen LogP contribution < -0.4 is 9.62 Å². The zero-order valence-electron chi connectivity index (χ0n) is 14.4. The molecule has 10 heteroatoms. The number of nitrogens with zero attached hydrogens (tertiary/aromatic N) is 1. The van der Waals surface area contributed by atoms with E-state index in [1.54, 1.807) is 0 Å². The minimum absolute atomic E-state index is 0.0920. The number of nitrogens with one attached hydrogen (secondary N) is 1. The summed E-state index contributed by atoms with van der Waals surface area (Å²) >= 11 is 0. The molecule has 0 radical (unpaired) electrons. The van der Waals surface area contributed by atoms with Crippen LogP contribution in [0.25, 0.3) is 0 Å². The van der Waals surface area contributed by atoms with Crippen molar-refractivity contribution in [2.24, 2.45) is 0 Å². The molecule has 0 fully saturated rings. The number of rotatable bonds is 6. The molecular weight excluding hydrogens is 382 g/mol. The van der Waals surface area contributed by atoms with Gasteiger partial charge in [0.2, 0.25) is 15.9 Å². The Labute approximate surface area is 154 Å². The molecule has 0 saturated heterocycles. The summed E-state index contributed by atoms with van der Waals surface area (Å²) in [5.74, 6) is -3.53. The number of hydrogen-bond acceptors (Lipinski definition) is 5. The predicted octanol–water partition coefficient (Wildman–Crippen LogP) is 2.16. The lowest BCUT2D eigenvalue weighted by molar-refractivity contribution is -0.114. The summed E-state index contributed by atoms with van der Waals surface area (Å²) in [7, 11) is -2.70. The molecule has 0 atom stereocenters. The molecule has 0 bridgehead atoms. The van der Waals surface area contributed by atoms with Crippen LogP contribution in [0.5, 0.6) is 0 Å². The lowest BCUT2D eigenvalue weighted by atomic mass is 10.2. The van der Waals surface area contributed by atoms with Gasteiger partial charge in [-0.25, -0.2) is 22.0 Å². The number of carbonyl (C=O) groups excluding carboxylic acids is 2. The lowest BCUT2D eigenvalue weighted by Crippen LogP contribution is -2.37. The number of benzene rings is 2. The van der Waals surface area contributed by atoms with Gasteiger partial charge in [0.25, 0.3) is 0 Å². The number of amides is 1. The molecule has 27 heavy (non-hydrogen) atoms. The highest BCUT2D eigenvalue weighted by molar-refractivity contribution is 7.92. The van der Waals surface area contributed by atoms with Gasteiger partial charge < -0.3 is 10.1 Å². The molecule has 1 amide bonds. The molecule has 0 aliphatic rings. The van der Waals surface area contributed by atoms with Crippen molar-refractivity contribution in [3.63, 3.8) is 0 Å². The fraction of sp³-hybridized carbons (Fsp3) is 0.176. The molecule has 2 aromatic rings. The monoisotopic (exact) mass is 398 g/mol. The number of esters is 1. The van der Waals surface area contributed by atoms with Crippen LogP contribution in [-0.2, 0) is 19.6 Å².